The third-order valence-electron chi connectivity index (χ3n) is 5.18. The predicted molar refractivity (Wildman–Crippen MR) is 123 cm³/mol. The van der Waals surface area contributed by atoms with Gasteiger partial charge in [0.1, 0.15) is 0 Å². The molecule has 4 nitrogen and oxygen atoms in total. The number of alkyl halides is 3. The summed E-state index contributed by atoms with van der Waals surface area (Å²) in [7, 11) is 0. The number of benzene rings is 3. The highest BCUT2D eigenvalue weighted by atomic mass is 35.5. The van der Waals surface area contributed by atoms with E-state index in [9.17, 15) is 18.3 Å². The summed E-state index contributed by atoms with van der Waals surface area (Å²) in [4.78, 5) is 5.28. The molecule has 1 N–H and O–H groups in total. The molecule has 0 saturated carbocycles. The van der Waals surface area contributed by atoms with Gasteiger partial charge in [-0.1, -0.05) is 41.4 Å². The number of halogens is 5. The molecular weight excluding hydrogens is 474 g/mol. The lowest BCUT2D eigenvalue weighted by atomic mass is 10.00. The largest absolute Gasteiger partial charge is 0.426 e. The highest BCUT2D eigenvalue weighted by molar-refractivity contribution is 6.31. The van der Waals surface area contributed by atoms with Crippen molar-refractivity contribution in [3.8, 4) is 5.69 Å². The number of para-hydroxylation sites is 1. The molecule has 0 radical (unpaired) electrons. The Kier molecular flexibility index (Phi) is 6.38. The van der Waals surface area contributed by atoms with Gasteiger partial charge in [0, 0.05) is 39.5 Å². The molecule has 33 heavy (non-hydrogen) atoms. The first-order valence-corrected chi connectivity index (χ1v) is 10.6. The number of anilines is 2. The smallest absolute Gasteiger partial charge is 0.373 e. The Morgan fingerprint density at radius 1 is 0.818 bits per heavy atom. The SMILES string of the molecule is O[C@@](CN(c1ccc(Cl)cc1)c1ccc(Cl)cc1)(c1nccn1-c1ccccc1)C(F)(F)F. The van der Waals surface area contributed by atoms with E-state index >= 15 is 0 Å². The second-order valence-corrected chi connectivity index (χ2v) is 8.23. The number of nitrogens with zero attached hydrogens (tertiary/aromatic N) is 3. The summed E-state index contributed by atoms with van der Waals surface area (Å²) < 4.78 is 44.8. The van der Waals surface area contributed by atoms with E-state index in [1.807, 2.05) is 0 Å². The van der Waals surface area contributed by atoms with Crippen LogP contribution in [-0.2, 0) is 5.60 Å². The van der Waals surface area contributed by atoms with Gasteiger partial charge in [-0.2, -0.15) is 13.2 Å². The predicted octanol–water partition coefficient (Wildman–Crippen LogP) is 6.77. The van der Waals surface area contributed by atoms with E-state index in [2.05, 4.69) is 4.98 Å². The zero-order valence-electron chi connectivity index (χ0n) is 17.0. The Bertz CT molecular complexity index is 1170. The van der Waals surface area contributed by atoms with Crippen LogP contribution in [0.5, 0.6) is 0 Å². The first-order chi connectivity index (χ1) is 15.7. The highest BCUT2D eigenvalue weighted by Crippen LogP contribution is 2.42. The van der Waals surface area contributed by atoms with Crippen molar-refractivity contribution >= 4 is 34.6 Å². The monoisotopic (exact) mass is 491 g/mol. The maximum Gasteiger partial charge on any atom is 0.426 e. The van der Waals surface area contributed by atoms with Crippen molar-refractivity contribution in [3.63, 3.8) is 0 Å². The molecule has 1 atom stereocenters. The van der Waals surface area contributed by atoms with Crippen LogP contribution in [0.3, 0.4) is 0 Å². The van der Waals surface area contributed by atoms with Crippen LogP contribution in [-0.4, -0.2) is 27.4 Å². The molecule has 170 valence electrons. The minimum atomic E-state index is -5.04. The van der Waals surface area contributed by atoms with Gasteiger partial charge < -0.3 is 14.6 Å². The van der Waals surface area contributed by atoms with Gasteiger partial charge >= 0.3 is 6.18 Å². The number of rotatable bonds is 6. The Balaban J connectivity index is 1.85. The third kappa shape index (κ3) is 4.71. The highest BCUT2D eigenvalue weighted by Gasteiger charge is 2.59. The van der Waals surface area contributed by atoms with Crippen LogP contribution in [0.2, 0.25) is 10.0 Å². The van der Waals surface area contributed by atoms with Gasteiger partial charge in [-0.3, -0.25) is 0 Å². The van der Waals surface area contributed by atoms with Crippen LogP contribution in [0.15, 0.2) is 91.3 Å². The van der Waals surface area contributed by atoms with Gasteiger partial charge in [0.2, 0.25) is 5.60 Å². The molecule has 0 unspecified atom stereocenters. The van der Waals surface area contributed by atoms with Crippen molar-refractivity contribution in [2.45, 2.75) is 11.8 Å². The first-order valence-electron chi connectivity index (χ1n) is 9.86. The van der Waals surface area contributed by atoms with Crippen LogP contribution < -0.4 is 4.90 Å². The van der Waals surface area contributed by atoms with E-state index in [-0.39, 0.29) is 0 Å². The summed E-state index contributed by atoms with van der Waals surface area (Å²) in [5.41, 5.74) is -2.06. The van der Waals surface area contributed by atoms with Crippen LogP contribution >= 0.6 is 23.2 Å². The first kappa shape index (κ1) is 23.2. The van der Waals surface area contributed by atoms with E-state index in [4.69, 9.17) is 23.2 Å². The number of aromatic nitrogens is 2. The molecule has 0 fully saturated rings. The summed E-state index contributed by atoms with van der Waals surface area (Å²) >= 11 is 12.0. The Hall–Kier alpha value is -3.00. The molecule has 0 aliphatic carbocycles. The van der Waals surface area contributed by atoms with Gasteiger partial charge in [-0.05, 0) is 60.7 Å². The molecule has 0 amide bonds. The minimum absolute atomic E-state index is 0.405. The summed E-state index contributed by atoms with van der Waals surface area (Å²) in [6.07, 6.45) is -2.42. The van der Waals surface area contributed by atoms with Gasteiger partial charge in [0.15, 0.2) is 5.82 Å². The van der Waals surface area contributed by atoms with Crippen molar-refractivity contribution < 1.29 is 18.3 Å². The van der Waals surface area contributed by atoms with Crippen LogP contribution in [0.25, 0.3) is 5.69 Å². The zero-order chi connectivity index (χ0) is 23.6. The van der Waals surface area contributed by atoms with Crippen molar-refractivity contribution in [1.82, 2.24) is 9.55 Å². The van der Waals surface area contributed by atoms with Crippen LogP contribution in [0, 0.1) is 0 Å². The van der Waals surface area contributed by atoms with Gasteiger partial charge in [-0.25, -0.2) is 4.98 Å². The average molecular weight is 492 g/mol. The molecule has 0 spiro atoms. The van der Waals surface area contributed by atoms with Crippen molar-refractivity contribution in [1.29, 1.82) is 0 Å². The molecule has 9 heteroatoms. The summed E-state index contributed by atoms with van der Waals surface area (Å²) in [6, 6.07) is 21.0. The lowest BCUT2D eigenvalue weighted by molar-refractivity contribution is -0.265. The van der Waals surface area contributed by atoms with Crippen LogP contribution in [0.4, 0.5) is 24.5 Å². The molecule has 0 aliphatic rings. The lowest BCUT2D eigenvalue weighted by Gasteiger charge is -2.36. The van der Waals surface area contributed by atoms with E-state index in [1.165, 1.54) is 21.9 Å². The van der Waals surface area contributed by atoms with Gasteiger partial charge in [-0.15, -0.1) is 0 Å². The molecule has 1 heterocycles. The van der Waals surface area contributed by atoms with E-state index in [0.29, 0.717) is 27.1 Å². The summed E-state index contributed by atoms with van der Waals surface area (Å²) in [5.74, 6) is -0.547. The fourth-order valence-electron chi connectivity index (χ4n) is 3.50. The van der Waals surface area contributed by atoms with E-state index < -0.39 is 24.1 Å². The molecule has 0 aliphatic heterocycles. The summed E-state index contributed by atoms with van der Waals surface area (Å²) in [5, 5.41) is 12.1. The molecular formula is C24H18Cl2F3N3O. The van der Waals surface area contributed by atoms with Crippen molar-refractivity contribution in [2.24, 2.45) is 0 Å². The van der Waals surface area contributed by atoms with Crippen molar-refractivity contribution in [2.75, 3.05) is 11.4 Å². The number of hydrogen-bond acceptors (Lipinski definition) is 3. The average Bonchev–Trinajstić information content (AvgIpc) is 3.29. The molecule has 4 rings (SSSR count). The molecule has 3 aromatic carbocycles. The van der Waals surface area contributed by atoms with Crippen LogP contribution in [0.1, 0.15) is 5.82 Å². The molecule has 0 bridgehead atoms. The van der Waals surface area contributed by atoms with Gasteiger partial charge in [0.05, 0.1) is 6.54 Å². The maximum atomic E-state index is 14.5. The molecule has 4 aromatic rings. The summed E-state index contributed by atoms with van der Waals surface area (Å²) in [6.45, 7) is -0.858. The second kappa shape index (κ2) is 9.09. The Morgan fingerprint density at radius 2 is 1.33 bits per heavy atom. The molecule has 1 aromatic heterocycles. The Labute approximate surface area is 198 Å². The zero-order valence-corrected chi connectivity index (χ0v) is 18.6. The second-order valence-electron chi connectivity index (χ2n) is 7.35. The van der Waals surface area contributed by atoms with E-state index in [0.717, 1.165) is 0 Å². The standard InChI is InChI=1S/C24H18Cl2F3N3O/c25-17-6-10-20(11-7-17)32(21-12-8-18(26)9-13-21)16-23(33,24(27,28)29)22-30-14-15-31(22)19-4-2-1-3-5-19/h1-15,33H,16H2/t23-/m0/s1. The normalized spacial score (nSPS) is 13.5. The fraction of sp³-hybridized carbons (Fsp3) is 0.125. The maximum absolute atomic E-state index is 14.5. The van der Waals surface area contributed by atoms with E-state index in [1.54, 1.807) is 78.9 Å². The quantitative estimate of drug-likeness (QED) is 0.323. The number of hydrogen-bond donors (Lipinski definition) is 1. The minimum Gasteiger partial charge on any atom is -0.373 e. The fourth-order valence-corrected chi connectivity index (χ4v) is 3.75. The lowest BCUT2D eigenvalue weighted by Crippen LogP contribution is -2.51. The number of imidazole rings is 1. The molecule has 0 saturated heterocycles. The topological polar surface area (TPSA) is 41.3 Å². The van der Waals surface area contributed by atoms with Crippen molar-refractivity contribution in [3.05, 3.63) is 107 Å². The number of aliphatic hydroxyl groups is 1. The third-order valence-corrected chi connectivity index (χ3v) is 5.68. The van der Waals surface area contributed by atoms with Gasteiger partial charge in [0.25, 0.3) is 0 Å². The Morgan fingerprint density at radius 3 is 1.82 bits per heavy atom.